The molecule has 2 aromatic rings. The van der Waals surface area contributed by atoms with Gasteiger partial charge in [-0.15, -0.1) is 0 Å². The van der Waals surface area contributed by atoms with Crippen LogP contribution in [0.5, 0.6) is 0 Å². The van der Waals surface area contributed by atoms with Crippen molar-refractivity contribution in [2.24, 2.45) is 23.2 Å². The Morgan fingerprint density at radius 2 is 1.33 bits per heavy atom. The van der Waals surface area contributed by atoms with Crippen LogP contribution in [0.3, 0.4) is 0 Å². The molecule has 228 valence electrons. The molecule has 0 saturated carbocycles. The highest BCUT2D eigenvalue weighted by Gasteiger charge is 2.36. The monoisotopic (exact) mass is 575 g/mol. The maximum atomic E-state index is 13.3. The van der Waals surface area contributed by atoms with Crippen molar-refractivity contribution in [3.63, 3.8) is 0 Å². The number of benzene rings is 2. The number of rotatable bonds is 14. The Kier molecular flexibility index (Phi) is 12.1. The van der Waals surface area contributed by atoms with Crippen molar-refractivity contribution >= 4 is 29.0 Å². The first-order valence-electron chi connectivity index (χ1n) is 15.0. The predicted octanol–water partition coefficient (Wildman–Crippen LogP) is 6.73. The highest BCUT2D eigenvalue weighted by atomic mass is 16.2. The number of amides is 1. The second-order valence-electron chi connectivity index (χ2n) is 13.9. The van der Waals surface area contributed by atoms with Crippen LogP contribution in [-0.4, -0.2) is 35.1 Å². The highest BCUT2D eigenvalue weighted by molar-refractivity contribution is 6.38. The molecule has 0 heterocycles. The fraction of sp³-hybridized carbons (Fsp3) is 0.528. The lowest BCUT2D eigenvalue weighted by Gasteiger charge is -2.30. The van der Waals surface area contributed by atoms with E-state index in [1.807, 2.05) is 52.8 Å². The fourth-order valence-corrected chi connectivity index (χ4v) is 4.90. The molecule has 0 aromatic heterocycles. The average molecular weight is 576 g/mol. The van der Waals surface area contributed by atoms with E-state index in [1.165, 1.54) is 5.56 Å². The minimum Gasteiger partial charge on any atom is -0.346 e. The Hall–Kier alpha value is -3.41. The summed E-state index contributed by atoms with van der Waals surface area (Å²) in [4.78, 5) is 65.4. The summed E-state index contributed by atoms with van der Waals surface area (Å²) >= 11 is 0. The predicted molar refractivity (Wildman–Crippen MR) is 167 cm³/mol. The van der Waals surface area contributed by atoms with Crippen molar-refractivity contribution in [2.75, 3.05) is 0 Å². The van der Waals surface area contributed by atoms with Crippen molar-refractivity contribution < 1.29 is 24.0 Å². The molecule has 0 aliphatic carbocycles. The first kappa shape index (κ1) is 34.8. The second-order valence-corrected chi connectivity index (χ2v) is 13.9. The summed E-state index contributed by atoms with van der Waals surface area (Å²) in [5.74, 6) is -3.48. The van der Waals surface area contributed by atoms with Gasteiger partial charge in [-0.3, -0.25) is 24.0 Å². The molecule has 6 nitrogen and oxygen atoms in total. The number of hydrogen-bond donors (Lipinski definition) is 1. The molecular formula is C36H49NO5. The van der Waals surface area contributed by atoms with Gasteiger partial charge in [-0.2, -0.15) is 0 Å². The number of aryl methyl sites for hydroxylation is 1. The molecule has 6 heteroatoms. The van der Waals surface area contributed by atoms with Crippen LogP contribution in [-0.2, 0) is 31.0 Å². The minimum absolute atomic E-state index is 0.0147. The van der Waals surface area contributed by atoms with E-state index in [-0.39, 0.29) is 48.1 Å². The van der Waals surface area contributed by atoms with Crippen molar-refractivity contribution in [1.82, 2.24) is 5.32 Å². The van der Waals surface area contributed by atoms with E-state index in [2.05, 4.69) is 38.2 Å². The third-order valence-electron chi connectivity index (χ3n) is 7.99. The summed E-state index contributed by atoms with van der Waals surface area (Å²) in [6.07, 6.45) is 0.421. The lowest BCUT2D eigenvalue weighted by Crippen LogP contribution is -2.46. The zero-order valence-electron chi connectivity index (χ0n) is 26.9. The summed E-state index contributed by atoms with van der Waals surface area (Å²) in [5.41, 5.74) is 2.23. The third-order valence-corrected chi connectivity index (χ3v) is 7.99. The van der Waals surface area contributed by atoms with Gasteiger partial charge >= 0.3 is 0 Å². The SMILES string of the molecule is CC(C)[C@H](CC(=O)[C@H](C)NC(=O)[C@@H](CC(=O)c1ccccc1)C(C)(C)C)C(=O)C(=O)CCc1ccc(C(C)(C)C)cc1. The van der Waals surface area contributed by atoms with E-state index in [0.717, 1.165) is 5.56 Å². The summed E-state index contributed by atoms with van der Waals surface area (Å²) in [7, 11) is 0. The molecule has 2 rings (SSSR count). The molecule has 42 heavy (non-hydrogen) atoms. The first-order valence-corrected chi connectivity index (χ1v) is 15.0. The Labute approximate surface area is 252 Å². The van der Waals surface area contributed by atoms with Gasteiger partial charge < -0.3 is 5.32 Å². The topological polar surface area (TPSA) is 97.4 Å². The molecule has 2 aromatic carbocycles. The van der Waals surface area contributed by atoms with E-state index in [0.29, 0.717) is 12.0 Å². The lowest BCUT2D eigenvalue weighted by molar-refractivity contribution is -0.141. The summed E-state index contributed by atoms with van der Waals surface area (Å²) in [6, 6.07) is 16.0. The zero-order chi connectivity index (χ0) is 31.8. The third kappa shape index (κ3) is 10.1. The van der Waals surface area contributed by atoms with E-state index < -0.39 is 34.9 Å². The molecule has 0 unspecified atom stereocenters. The second kappa shape index (κ2) is 14.7. The van der Waals surface area contributed by atoms with Gasteiger partial charge in [-0.25, -0.2) is 0 Å². The number of carbonyl (C=O) groups excluding carboxylic acids is 5. The van der Waals surface area contributed by atoms with Crippen LogP contribution in [0.4, 0.5) is 0 Å². The Morgan fingerprint density at radius 1 is 0.762 bits per heavy atom. The quantitative estimate of drug-likeness (QED) is 0.199. The molecule has 0 fully saturated rings. The molecule has 3 atom stereocenters. The minimum atomic E-state index is -0.861. The first-order chi connectivity index (χ1) is 19.4. The van der Waals surface area contributed by atoms with Gasteiger partial charge in [0.25, 0.3) is 0 Å². The lowest BCUT2D eigenvalue weighted by atomic mass is 9.76. The van der Waals surface area contributed by atoms with Crippen molar-refractivity contribution in [2.45, 2.75) is 99.5 Å². The number of nitrogens with one attached hydrogen (secondary N) is 1. The summed E-state index contributed by atoms with van der Waals surface area (Å²) < 4.78 is 0. The van der Waals surface area contributed by atoms with Crippen LogP contribution in [0.1, 0.15) is 103 Å². The van der Waals surface area contributed by atoms with Gasteiger partial charge in [-0.1, -0.05) is 110 Å². The molecule has 0 aliphatic heterocycles. The molecule has 0 bridgehead atoms. The molecule has 0 radical (unpaired) electrons. The number of Topliss-reactive ketones (excluding diaryl/α,β-unsaturated/α-hetero) is 4. The number of hydrogen-bond acceptors (Lipinski definition) is 5. The van der Waals surface area contributed by atoms with E-state index >= 15 is 0 Å². The van der Waals surface area contributed by atoms with Crippen molar-refractivity contribution in [3.05, 3.63) is 71.3 Å². The highest BCUT2D eigenvalue weighted by Crippen LogP contribution is 2.31. The molecule has 1 amide bonds. The van der Waals surface area contributed by atoms with Gasteiger partial charge in [0.2, 0.25) is 11.7 Å². The van der Waals surface area contributed by atoms with Gasteiger partial charge in [-0.05, 0) is 41.2 Å². The van der Waals surface area contributed by atoms with Gasteiger partial charge in [0.15, 0.2) is 17.3 Å². The van der Waals surface area contributed by atoms with Gasteiger partial charge in [0, 0.05) is 30.7 Å². The molecule has 0 spiro atoms. The van der Waals surface area contributed by atoms with Gasteiger partial charge in [0.1, 0.15) is 0 Å². The van der Waals surface area contributed by atoms with E-state index in [9.17, 15) is 24.0 Å². The Morgan fingerprint density at radius 3 is 1.83 bits per heavy atom. The molecule has 1 N–H and O–H groups in total. The van der Waals surface area contributed by atoms with Crippen LogP contribution in [0.15, 0.2) is 54.6 Å². The zero-order valence-corrected chi connectivity index (χ0v) is 26.9. The Bertz CT molecular complexity index is 1250. The van der Waals surface area contributed by atoms with Crippen LogP contribution >= 0.6 is 0 Å². The van der Waals surface area contributed by atoms with Crippen LogP contribution < -0.4 is 5.32 Å². The number of ketones is 4. The van der Waals surface area contributed by atoms with Crippen molar-refractivity contribution in [1.29, 1.82) is 0 Å². The average Bonchev–Trinajstić information content (AvgIpc) is 2.91. The van der Waals surface area contributed by atoms with Crippen molar-refractivity contribution in [3.8, 4) is 0 Å². The van der Waals surface area contributed by atoms with Crippen LogP contribution in [0, 0.1) is 23.2 Å². The van der Waals surface area contributed by atoms with Crippen LogP contribution in [0.25, 0.3) is 0 Å². The molecular weight excluding hydrogens is 526 g/mol. The largest absolute Gasteiger partial charge is 0.346 e. The summed E-state index contributed by atoms with van der Waals surface area (Å²) in [5, 5.41) is 2.78. The maximum absolute atomic E-state index is 13.3. The standard InChI is InChI=1S/C36H49NO5/c1-23(2)28(33(41)30(38)20-17-25-15-18-27(19-16-25)35(4,5)6)21-31(39)24(3)37-34(42)29(36(7,8)9)22-32(40)26-13-11-10-12-14-26/h10-16,18-19,23-24,28-29H,17,20-22H2,1-9H3,(H,37,42)/t24-,28-,29+/m0/s1. The smallest absolute Gasteiger partial charge is 0.224 e. The Balaban J connectivity index is 2.02. The van der Waals surface area contributed by atoms with E-state index in [1.54, 1.807) is 31.2 Å². The van der Waals surface area contributed by atoms with Crippen LogP contribution in [0.2, 0.25) is 0 Å². The maximum Gasteiger partial charge on any atom is 0.224 e. The molecule has 0 saturated heterocycles. The molecule has 0 aliphatic rings. The summed E-state index contributed by atoms with van der Waals surface area (Å²) in [6.45, 7) is 17.3. The van der Waals surface area contributed by atoms with E-state index in [4.69, 9.17) is 0 Å². The number of carbonyl (C=O) groups is 5. The fourth-order valence-electron chi connectivity index (χ4n) is 4.90. The van der Waals surface area contributed by atoms with Gasteiger partial charge in [0.05, 0.1) is 12.0 Å². The normalized spacial score (nSPS) is 14.1.